The Labute approximate surface area is 193 Å². The number of anilines is 1. The van der Waals surface area contributed by atoms with Crippen LogP contribution in [-0.4, -0.2) is 17.1 Å². The summed E-state index contributed by atoms with van der Waals surface area (Å²) in [6.07, 6.45) is 2.43. The second-order valence-corrected chi connectivity index (χ2v) is 8.74. The number of halogens is 2. The van der Waals surface area contributed by atoms with Crippen molar-refractivity contribution in [3.8, 4) is 17.0 Å². The average Bonchev–Trinajstić information content (AvgIpc) is 3.44. The normalized spacial score (nSPS) is 11.1. The fourth-order valence-electron chi connectivity index (χ4n) is 3.85. The summed E-state index contributed by atoms with van der Waals surface area (Å²) < 4.78 is 33.7. The molecule has 2 N–H and O–H groups in total. The van der Waals surface area contributed by atoms with Crippen molar-refractivity contribution < 1.29 is 13.5 Å². The van der Waals surface area contributed by atoms with Crippen LogP contribution in [0.3, 0.4) is 0 Å². The zero-order valence-corrected chi connectivity index (χ0v) is 18.7. The van der Waals surface area contributed by atoms with Crippen LogP contribution in [0.4, 0.5) is 13.9 Å². The highest BCUT2D eigenvalue weighted by molar-refractivity contribution is 7.16. The lowest BCUT2D eigenvalue weighted by molar-refractivity contribution is 0.410. The van der Waals surface area contributed by atoms with Gasteiger partial charge in [-0.1, -0.05) is 24.3 Å². The number of nitrogens with zero attached hydrogens (tertiary/aromatic N) is 1. The van der Waals surface area contributed by atoms with Gasteiger partial charge in [-0.05, 0) is 52.9 Å². The largest absolute Gasteiger partial charge is 0.496 e. The molecule has 0 fully saturated rings. The van der Waals surface area contributed by atoms with Gasteiger partial charge >= 0.3 is 0 Å². The van der Waals surface area contributed by atoms with Crippen molar-refractivity contribution in [2.45, 2.75) is 13.0 Å². The molecule has 0 saturated heterocycles. The first-order valence-corrected chi connectivity index (χ1v) is 11.3. The van der Waals surface area contributed by atoms with Crippen molar-refractivity contribution in [3.63, 3.8) is 0 Å². The molecule has 33 heavy (non-hydrogen) atoms. The number of nitrogens with one attached hydrogen (secondary N) is 2. The molecule has 166 valence electrons. The maximum absolute atomic E-state index is 14.7. The summed E-state index contributed by atoms with van der Waals surface area (Å²) in [5.74, 6) is -0.493. The Hall–Kier alpha value is -3.71. The van der Waals surface area contributed by atoms with Gasteiger partial charge in [-0.2, -0.15) is 0 Å². The van der Waals surface area contributed by atoms with Crippen LogP contribution in [0.25, 0.3) is 22.2 Å². The molecule has 0 aliphatic rings. The lowest BCUT2D eigenvalue weighted by Crippen LogP contribution is -1.99. The minimum absolute atomic E-state index is 0.277. The zero-order valence-electron chi connectivity index (χ0n) is 17.9. The predicted octanol–water partition coefficient (Wildman–Crippen LogP) is 6.78. The molecule has 0 amide bonds. The van der Waals surface area contributed by atoms with Gasteiger partial charge in [-0.3, -0.25) is 0 Å². The topological polar surface area (TPSA) is 49.9 Å². The smallest absolute Gasteiger partial charge is 0.183 e. The Bertz CT molecular complexity index is 1430. The van der Waals surface area contributed by atoms with Gasteiger partial charge < -0.3 is 15.0 Å². The van der Waals surface area contributed by atoms with Crippen LogP contribution in [-0.2, 0) is 13.0 Å². The van der Waals surface area contributed by atoms with E-state index in [9.17, 15) is 8.78 Å². The molecule has 0 radical (unpaired) electrons. The summed E-state index contributed by atoms with van der Waals surface area (Å²) in [4.78, 5) is 8.75. The van der Waals surface area contributed by atoms with Gasteiger partial charge in [-0.25, -0.2) is 13.8 Å². The number of aromatic amines is 1. The summed E-state index contributed by atoms with van der Waals surface area (Å²) in [5.41, 5.74) is 3.95. The third kappa shape index (κ3) is 4.45. The van der Waals surface area contributed by atoms with Crippen molar-refractivity contribution in [2.75, 3.05) is 12.4 Å². The van der Waals surface area contributed by atoms with Crippen LogP contribution in [0.5, 0.6) is 5.75 Å². The minimum Gasteiger partial charge on any atom is -0.496 e. The third-order valence-electron chi connectivity index (χ3n) is 5.49. The van der Waals surface area contributed by atoms with E-state index in [1.807, 2.05) is 42.6 Å². The van der Waals surface area contributed by atoms with E-state index in [1.165, 1.54) is 23.5 Å². The van der Waals surface area contributed by atoms with E-state index in [-0.39, 0.29) is 5.56 Å². The molecule has 2 aromatic heterocycles. The number of H-pyrrole nitrogens is 1. The van der Waals surface area contributed by atoms with Crippen LogP contribution >= 0.6 is 11.3 Å². The predicted molar refractivity (Wildman–Crippen MR) is 129 cm³/mol. The molecule has 0 aliphatic carbocycles. The Morgan fingerprint density at radius 1 is 1.03 bits per heavy atom. The maximum Gasteiger partial charge on any atom is 0.183 e. The molecule has 3 aromatic carbocycles. The van der Waals surface area contributed by atoms with E-state index in [2.05, 4.69) is 27.4 Å². The molecule has 5 aromatic rings. The summed E-state index contributed by atoms with van der Waals surface area (Å²) in [6.45, 7) is 0.577. The molecule has 2 heterocycles. The molecule has 0 spiro atoms. The monoisotopic (exact) mass is 461 g/mol. The first-order valence-electron chi connectivity index (χ1n) is 10.5. The van der Waals surface area contributed by atoms with Crippen LogP contribution < -0.4 is 10.1 Å². The number of hydrogen-bond acceptors (Lipinski definition) is 4. The molecular formula is C26H21F2N3OS. The van der Waals surface area contributed by atoms with E-state index in [4.69, 9.17) is 4.74 Å². The summed E-state index contributed by atoms with van der Waals surface area (Å²) >= 11 is 1.46. The molecule has 0 atom stereocenters. The van der Waals surface area contributed by atoms with Crippen molar-refractivity contribution in [2.24, 2.45) is 0 Å². The second kappa shape index (κ2) is 9.03. The Morgan fingerprint density at radius 2 is 1.91 bits per heavy atom. The van der Waals surface area contributed by atoms with Crippen molar-refractivity contribution in [1.82, 2.24) is 9.97 Å². The van der Waals surface area contributed by atoms with Crippen LogP contribution in [0, 0.1) is 11.6 Å². The molecule has 7 heteroatoms. The average molecular weight is 462 g/mol. The third-order valence-corrected chi connectivity index (χ3v) is 6.50. The Kier molecular flexibility index (Phi) is 5.79. The fourth-order valence-corrected chi connectivity index (χ4v) is 4.85. The fraction of sp³-hybridized carbons (Fsp3) is 0.115. The zero-order chi connectivity index (χ0) is 22.8. The minimum atomic E-state index is -0.633. The number of ether oxygens (including phenoxy) is 1. The van der Waals surface area contributed by atoms with E-state index in [0.29, 0.717) is 23.8 Å². The molecule has 0 unspecified atom stereocenters. The highest BCUT2D eigenvalue weighted by atomic mass is 32.1. The van der Waals surface area contributed by atoms with Crippen LogP contribution in [0.1, 0.15) is 16.0 Å². The highest BCUT2D eigenvalue weighted by Crippen LogP contribution is 2.36. The van der Waals surface area contributed by atoms with Gasteiger partial charge in [0.25, 0.3) is 0 Å². The number of hydrogen-bond donors (Lipinski definition) is 2. The summed E-state index contributed by atoms with van der Waals surface area (Å²) in [7, 11) is 1.63. The number of thiazole rings is 1. The summed E-state index contributed by atoms with van der Waals surface area (Å²) in [6, 6.07) is 19.5. The van der Waals surface area contributed by atoms with Gasteiger partial charge in [0.1, 0.15) is 17.4 Å². The molecule has 0 bridgehead atoms. The van der Waals surface area contributed by atoms with Gasteiger partial charge in [-0.15, -0.1) is 11.3 Å². The van der Waals surface area contributed by atoms with E-state index in [1.54, 1.807) is 7.11 Å². The standard InChI is InChI=1S/C26H21F2N3OS/c1-32-23-5-3-2-4-18(23)13-24-25(20-8-7-19(27)14-21(20)28)31-26(33-24)30-15-16-6-9-22-17(12-16)10-11-29-22/h2-12,14,29H,13,15H2,1H3,(H,30,31). The molecule has 0 aliphatic heterocycles. The first-order chi connectivity index (χ1) is 16.1. The van der Waals surface area contributed by atoms with E-state index in [0.717, 1.165) is 38.7 Å². The molecule has 5 rings (SSSR count). The van der Waals surface area contributed by atoms with Crippen molar-refractivity contribution in [3.05, 3.63) is 101 Å². The first kappa shape index (κ1) is 21.2. The quantitative estimate of drug-likeness (QED) is 0.281. The van der Waals surface area contributed by atoms with E-state index < -0.39 is 11.6 Å². The molecular weight excluding hydrogens is 440 g/mol. The number of aromatic nitrogens is 2. The number of para-hydroxylation sites is 1. The summed E-state index contributed by atoms with van der Waals surface area (Å²) in [5, 5.41) is 5.18. The van der Waals surface area contributed by atoms with Crippen molar-refractivity contribution >= 4 is 27.4 Å². The molecule has 0 saturated carbocycles. The van der Waals surface area contributed by atoms with Gasteiger partial charge in [0, 0.05) is 41.2 Å². The lowest BCUT2D eigenvalue weighted by atomic mass is 10.0. The second-order valence-electron chi connectivity index (χ2n) is 7.66. The Morgan fingerprint density at radius 3 is 2.76 bits per heavy atom. The number of rotatable bonds is 7. The van der Waals surface area contributed by atoms with E-state index >= 15 is 0 Å². The van der Waals surface area contributed by atoms with Gasteiger partial charge in [0.2, 0.25) is 0 Å². The van der Waals surface area contributed by atoms with Crippen LogP contribution in [0.2, 0.25) is 0 Å². The van der Waals surface area contributed by atoms with Crippen molar-refractivity contribution in [1.29, 1.82) is 0 Å². The van der Waals surface area contributed by atoms with Gasteiger partial charge in [0.05, 0.1) is 12.8 Å². The maximum atomic E-state index is 14.7. The number of benzene rings is 3. The molecule has 4 nitrogen and oxygen atoms in total. The van der Waals surface area contributed by atoms with Gasteiger partial charge in [0.15, 0.2) is 5.13 Å². The SMILES string of the molecule is COc1ccccc1Cc1sc(NCc2ccc3[nH]ccc3c2)nc1-c1ccc(F)cc1F. The number of fused-ring (bicyclic) bond motifs is 1. The lowest BCUT2D eigenvalue weighted by Gasteiger charge is -2.08. The Balaban J connectivity index is 1.48. The number of methoxy groups -OCH3 is 1. The van der Waals surface area contributed by atoms with Crippen LogP contribution in [0.15, 0.2) is 72.9 Å². The highest BCUT2D eigenvalue weighted by Gasteiger charge is 2.18.